The molecule has 0 fully saturated rings. The van der Waals surface area contributed by atoms with Gasteiger partial charge in [0, 0.05) is 13.1 Å². The molecule has 2 N–H and O–H groups in total. The Morgan fingerprint density at radius 3 is 2.60 bits per heavy atom. The summed E-state index contributed by atoms with van der Waals surface area (Å²) in [6.45, 7) is 8.39. The highest BCUT2D eigenvalue weighted by atomic mass is 16.5. The summed E-state index contributed by atoms with van der Waals surface area (Å²) in [5.41, 5.74) is 0. The van der Waals surface area contributed by atoms with E-state index in [9.17, 15) is 9.59 Å². The van der Waals surface area contributed by atoms with Gasteiger partial charge in [-0.25, -0.2) is 4.79 Å². The number of esters is 1. The van der Waals surface area contributed by atoms with Crippen LogP contribution in [0.1, 0.15) is 20.3 Å². The van der Waals surface area contributed by atoms with E-state index in [2.05, 4.69) is 11.9 Å². The molecule has 0 aromatic rings. The number of ether oxygens (including phenoxy) is 1. The highest BCUT2D eigenvalue weighted by molar-refractivity contribution is 5.85. The number of hydrogen-bond donors (Lipinski definition) is 2. The number of aliphatic hydroxyl groups excluding tert-OH is 1. The third-order valence-corrected chi connectivity index (χ3v) is 3.16. The van der Waals surface area contributed by atoms with Crippen LogP contribution in [0, 0.1) is 5.92 Å². The lowest BCUT2D eigenvalue weighted by Crippen LogP contribution is -2.49. The Morgan fingerprint density at radius 2 is 2.15 bits per heavy atom. The fraction of sp³-hybridized carbons (Fsp3) is 0.714. The minimum atomic E-state index is -0.641. The van der Waals surface area contributed by atoms with E-state index in [0.717, 1.165) is 6.42 Å². The standard InChI is InChI=1S/C14H26N2O4/c1-5-7-16(8-9-17)10-12(18)15-13(11(3)6-2)14(19)20-4/h5,11,13,17H,1,6-10H2,2-4H3,(H,15,18). The van der Waals surface area contributed by atoms with Crippen LogP contribution in [0.3, 0.4) is 0 Å². The Balaban J connectivity index is 4.57. The first-order valence-corrected chi connectivity index (χ1v) is 6.81. The van der Waals surface area contributed by atoms with E-state index >= 15 is 0 Å². The molecular weight excluding hydrogens is 260 g/mol. The summed E-state index contributed by atoms with van der Waals surface area (Å²) in [5.74, 6) is -0.710. The van der Waals surface area contributed by atoms with E-state index in [1.165, 1.54) is 7.11 Å². The molecule has 0 aliphatic rings. The zero-order valence-electron chi connectivity index (χ0n) is 12.6. The summed E-state index contributed by atoms with van der Waals surface area (Å²) in [5, 5.41) is 11.6. The molecule has 6 heteroatoms. The van der Waals surface area contributed by atoms with E-state index in [-0.39, 0.29) is 25.0 Å². The highest BCUT2D eigenvalue weighted by Gasteiger charge is 2.26. The average molecular weight is 286 g/mol. The Labute approximate surface area is 120 Å². The Bertz CT molecular complexity index is 320. The molecule has 0 rings (SSSR count). The molecule has 2 atom stereocenters. The normalized spacial score (nSPS) is 13.7. The van der Waals surface area contributed by atoms with E-state index in [1.54, 1.807) is 11.0 Å². The van der Waals surface area contributed by atoms with Crippen molar-refractivity contribution in [3.8, 4) is 0 Å². The Hall–Kier alpha value is -1.40. The van der Waals surface area contributed by atoms with Crippen molar-refractivity contribution in [1.82, 2.24) is 10.2 Å². The van der Waals surface area contributed by atoms with Crippen LogP contribution >= 0.6 is 0 Å². The van der Waals surface area contributed by atoms with Crippen LogP contribution in [0.25, 0.3) is 0 Å². The van der Waals surface area contributed by atoms with Crippen LogP contribution in [0.2, 0.25) is 0 Å². The van der Waals surface area contributed by atoms with Gasteiger partial charge in [0.05, 0.1) is 20.3 Å². The summed E-state index contributed by atoms with van der Waals surface area (Å²) in [6.07, 6.45) is 2.42. The summed E-state index contributed by atoms with van der Waals surface area (Å²) in [4.78, 5) is 25.4. The number of rotatable bonds is 10. The molecule has 1 amide bonds. The molecule has 6 nitrogen and oxygen atoms in total. The van der Waals surface area contributed by atoms with E-state index in [1.807, 2.05) is 13.8 Å². The first-order chi connectivity index (χ1) is 9.49. The van der Waals surface area contributed by atoms with Crippen LogP contribution in [0.15, 0.2) is 12.7 Å². The molecule has 0 radical (unpaired) electrons. The number of hydrogen-bond acceptors (Lipinski definition) is 5. The number of methoxy groups -OCH3 is 1. The number of carbonyl (C=O) groups excluding carboxylic acids is 2. The maximum Gasteiger partial charge on any atom is 0.328 e. The summed E-state index contributed by atoms with van der Waals surface area (Å²) < 4.78 is 4.71. The first-order valence-electron chi connectivity index (χ1n) is 6.81. The zero-order chi connectivity index (χ0) is 15.5. The minimum absolute atomic E-state index is 0.00269. The largest absolute Gasteiger partial charge is 0.467 e. The second-order valence-corrected chi connectivity index (χ2v) is 4.70. The van der Waals surface area contributed by atoms with Crippen molar-refractivity contribution in [3.05, 3.63) is 12.7 Å². The maximum absolute atomic E-state index is 12.0. The second-order valence-electron chi connectivity index (χ2n) is 4.70. The van der Waals surface area contributed by atoms with Gasteiger partial charge >= 0.3 is 5.97 Å². The molecule has 0 heterocycles. The summed E-state index contributed by atoms with van der Waals surface area (Å²) in [6, 6.07) is -0.641. The molecule has 116 valence electrons. The monoisotopic (exact) mass is 286 g/mol. The van der Waals surface area contributed by atoms with Gasteiger partial charge in [-0.3, -0.25) is 9.69 Å². The average Bonchev–Trinajstić information content (AvgIpc) is 2.43. The van der Waals surface area contributed by atoms with E-state index < -0.39 is 12.0 Å². The van der Waals surface area contributed by atoms with E-state index in [4.69, 9.17) is 9.84 Å². The predicted octanol–water partition coefficient (Wildman–Crippen LogP) is 0.171. The molecule has 0 spiro atoms. The topological polar surface area (TPSA) is 78.9 Å². The van der Waals surface area contributed by atoms with Gasteiger partial charge in [-0.2, -0.15) is 0 Å². The van der Waals surface area contributed by atoms with Crippen molar-refractivity contribution < 1.29 is 19.4 Å². The summed E-state index contributed by atoms with van der Waals surface area (Å²) in [7, 11) is 1.31. The third kappa shape index (κ3) is 6.68. The molecule has 20 heavy (non-hydrogen) atoms. The van der Waals surface area contributed by atoms with Gasteiger partial charge in [0.25, 0.3) is 0 Å². The molecular formula is C14H26N2O4. The maximum atomic E-state index is 12.0. The lowest BCUT2D eigenvalue weighted by atomic mass is 9.99. The van der Waals surface area contributed by atoms with Gasteiger partial charge in [0.1, 0.15) is 6.04 Å². The lowest BCUT2D eigenvalue weighted by molar-refractivity contribution is -0.146. The third-order valence-electron chi connectivity index (χ3n) is 3.16. The molecule has 2 unspecified atom stereocenters. The number of amides is 1. The van der Waals surface area contributed by atoms with Crippen molar-refractivity contribution in [2.24, 2.45) is 5.92 Å². The van der Waals surface area contributed by atoms with Crippen molar-refractivity contribution in [2.75, 3.05) is 33.4 Å². The molecule has 0 aliphatic carbocycles. The van der Waals surface area contributed by atoms with Crippen LogP contribution in [0.5, 0.6) is 0 Å². The fourth-order valence-corrected chi connectivity index (χ4v) is 1.78. The van der Waals surface area contributed by atoms with E-state index in [0.29, 0.717) is 13.1 Å². The van der Waals surface area contributed by atoms with Gasteiger partial charge < -0.3 is 15.2 Å². The van der Waals surface area contributed by atoms with Crippen molar-refractivity contribution >= 4 is 11.9 Å². The zero-order valence-corrected chi connectivity index (χ0v) is 12.6. The van der Waals surface area contributed by atoms with Crippen LogP contribution in [-0.4, -0.2) is 61.3 Å². The van der Waals surface area contributed by atoms with Crippen molar-refractivity contribution in [3.63, 3.8) is 0 Å². The van der Waals surface area contributed by atoms with Crippen molar-refractivity contribution in [2.45, 2.75) is 26.3 Å². The minimum Gasteiger partial charge on any atom is -0.467 e. The predicted molar refractivity (Wildman–Crippen MR) is 77.1 cm³/mol. The second kappa shape index (κ2) is 10.4. The molecule has 0 bridgehead atoms. The lowest BCUT2D eigenvalue weighted by Gasteiger charge is -2.24. The Morgan fingerprint density at radius 1 is 1.50 bits per heavy atom. The molecule has 0 aromatic heterocycles. The summed E-state index contributed by atoms with van der Waals surface area (Å²) >= 11 is 0. The SMILES string of the molecule is C=CCN(CCO)CC(=O)NC(C(=O)OC)C(C)CC. The van der Waals surface area contributed by atoms with Crippen molar-refractivity contribution in [1.29, 1.82) is 0 Å². The smallest absolute Gasteiger partial charge is 0.328 e. The number of nitrogens with zero attached hydrogens (tertiary/aromatic N) is 1. The van der Waals surface area contributed by atoms with Gasteiger partial charge in [0.2, 0.25) is 5.91 Å². The van der Waals surface area contributed by atoms with Crippen LogP contribution in [-0.2, 0) is 14.3 Å². The number of carbonyl (C=O) groups is 2. The first kappa shape index (κ1) is 18.6. The van der Waals surface area contributed by atoms with Crippen LogP contribution < -0.4 is 5.32 Å². The van der Waals surface area contributed by atoms with Gasteiger partial charge in [-0.15, -0.1) is 6.58 Å². The molecule has 0 aliphatic heterocycles. The van der Waals surface area contributed by atoms with Gasteiger partial charge in [-0.1, -0.05) is 26.3 Å². The molecule has 0 saturated carbocycles. The molecule has 0 aromatic carbocycles. The Kier molecular flexibility index (Phi) is 9.67. The van der Waals surface area contributed by atoms with Gasteiger partial charge in [0.15, 0.2) is 0 Å². The quantitative estimate of drug-likeness (QED) is 0.442. The van der Waals surface area contributed by atoms with Gasteiger partial charge in [-0.05, 0) is 5.92 Å². The number of aliphatic hydroxyl groups is 1. The van der Waals surface area contributed by atoms with Crippen LogP contribution in [0.4, 0.5) is 0 Å². The fourth-order valence-electron chi connectivity index (χ4n) is 1.78. The highest BCUT2D eigenvalue weighted by Crippen LogP contribution is 2.09. The number of nitrogens with one attached hydrogen (secondary N) is 1. The molecule has 0 saturated heterocycles.